The van der Waals surface area contributed by atoms with Gasteiger partial charge in [-0.05, 0) is 17.7 Å². The van der Waals surface area contributed by atoms with Gasteiger partial charge in [0.15, 0.2) is 5.76 Å². The molecule has 96 valence electrons. The van der Waals surface area contributed by atoms with Crippen LogP contribution in [0.15, 0.2) is 39.8 Å². The molecule has 0 spiro atoms. The number of thioether (sulfide) groups is 1. The quantitative estimate of drug-likeness (QED) is 0.812. The lowest BCUT2D eigenvalue weighted by Crippen LogP contribution is -1.94. The first kappa shape index (κ1) is 13.1. The third kappa shape index (κ3) is 3.60. The minimum absolute atomic E-state index is 0.461. The Morgan fingerprint density at radius 1 is 1.33 bits per heavy atom. The summed E-state index contributed by atoms with van der Waals surface area (Å²) in [5.41, 5.74) is 7.62. The Morgan fingerprint density at radius 2 is 2.11 bits per heavy atom. The molecule has 1 aromatic carbocycles. The van der Waals surface area contributed by atoms with Crippen molar-refractivity contribution in [2.45, 2.75) is 23.8 Å². The van der Waals surface area contributed by atoms with Gasteiger partial charge in [-0.25, -0.2) is 0 Å². The van der Waals surface area contributed by atoms with Gasteiger partial charge in [-0.2, -0.15) is 0 Å². The second kappa shape index (κ2) is 6.58. The van der Waals surface area contributed by atoms with Crippen LogP contribution < -0.4 is 5.73 Å². The van der Waals surface area contributed by atoms with Gasteiger partial charge in [-0.1, -0.05) is 17.3 Å². The van der Waals surface area contributed by atoms with E-state index in [-0.39, 0.29) is 0 Å². The molecule has 0 aliphatic rings. The van der Waals surface area contributed by atoms with Crippen LogP contribution in [0.4, 0.5) is 0 Å². The Kier molecular flexibility index (Phi) is 4.81. The lowest BCUT2D eigenvalue weighted by Gasteiger charge is -2.00. The largest absolute Gasteiger partial charge is 0.377 e. The highest BCUT2D eigenvalue weighted by molar-refractivity contribution is 7.98. The second-order valence-electron chi connectivity index (χ2n) is 3.85. The molecule has 0 unspecified atom stereocenters. The van der Waals surface area contributed by atoms with E-state index < -0.39 is 0 Å². The van der Waals surface area contributed by atoms with E-state index in [2.05, 4.69) is 17.3 Å². The number of aromatic nitrogens is 1. The van der Waals surface area contributed by atoms with Crippen molar-refractivity contribution in [2.75, 3.05) is 7.11 Å². The Balaban J connectivity index is 1.89. The molecule has 1 aromatic heterocycles. The summed E-state index contributed by atoms with van der Waals surface area (Å²) < 4.78 is 10.1. The van der Waals surface area contributed by atoms with E-state index in [9.17, 15) is 0 Å². The van der Waals surface area contributed by atoms with Gasteiger partial charge in [0.05, 0.1) is 5.69 Å². The molecule has 0 aliphatic heterocycles. The van der Waals surface area contributed by atoms with Crippen molar-refractivity contribution in [3.05, 3.63) is 47.3 Å². The fourth-order valence-electron chi connectivity index (χ4n) is 1.51. The summed E-state index contributed by atoms with van der Waals surface area (Å²) >= 11 is 1.72. The molecule has 0 aliphatic carbocycles. The minimum Gasteiger partial charge on any atom is -0.377 e. The first-order valence-corrected chi connectivity index (χ1v) is 6.65. The SMILES string of the molecule is COCc1cc(CSc2ccc(CN)cc2)no1. The van der Waals surface area contributed by atoms with Crippen molar-refractivity contribution < 1.29 is 9.26 Å². The third-order valence-electron chi connectivity index (χ3n) is 2.44. The first-order chi connectivity index (χ1) is 8.81. The fraction of sp³-hybridized carbons (Fsp3) is 0.308. The van der Waals surface area contributed by atoms with E-state index in [0.29, 0.717) is 13.2 Å². The molecule has 0 amide bonds. The van der Waals surface area contributed by atoms with Crippen LogP contribution in [0.25, 0.3) is 0 Å². The lowest BCUT2D eigenvalue weighted by molar-refractivity contribution is 0.156. The third-order valence-corrected chi connectivity index (χ3v) is 3.49. The predicted molar refractivity (Wildman–Crippen MR) is 71.1 cm³/mol. The van der Waals surface area contributed by atoms with Gasteiger partial charge >= 0.3 is 0 Å². The highest BCUT2D eigenvalue weighted by Crippen LogP contribution is 2.23. The van der Waals surface area contributed by atoms with Gasteiger partial charge in [0, 0.05) is 30.4 Å². The summed E-state index contributed by atoms with van der Waals surface area (Å²) in [6.45, 7) is 1.04. The maximum absolute atomic E-state index is 5.56. The molecule has 0 fully saturated rings. The number of nitrogens with zero attached hydrogens (tertiary/aromatic N) is 1. The molecule has 0 radical (unpaired) electrons. The van der Waals surface area contributed by atoms with E-state index >= 15 is 0 Å². The molecule has 18 heavy (non-hydrogen) atoms. The molecule has 2 aromatic rings. The normalized spacial score (nSPS) is 10.8. The number of methoxy groups -OCH3 is 1. The average molecular weight is 264 g/mol. The number of benzene rings is 1. The summed E-state index contributed by atoms with van der Waals surface area (Å²) in [5, 5.41) is 3.99. The van der Waals surface area contributed by atoms with Crippen molar-refractivity contribution in [3.8, 4) is 0 Å². The molecular weight excluding hydrogens is 248 g/mol. The first-order valence-electron chi connectivity index (χ1n) is 5.67. The van der Waals surface area contributed by atoms with Gasteiger partial charge in [0.1, 0.15) is 6.61 Å². The Hall–Kier alpha value is -1.30. The molecule has 0 bridgehead atoms. The summed E-state index contributed by atoms with van der Waals surface area (Å²) in [4.78, 5) is 1.20. The van der Waals surface area contributed by atoms with Crippen LogP contribution in [0.1, 0.15) is 17.0 Å². The fourth-order valence-corrected chi connectivity index (χ4v) is 2.29. The zero-order valence-corrected chi connectivity index (χ0v) is 11.1. The average Bonchev–Trinajstić information content (AvgIpc) is 2.85. The Labute approximate surface area is 110 Å². The van der Waals surface area contributed by atoms with Crippen LogP contribution in [0.3, 0.4) is 0 Å². The van der Waals surface area contributed by atoms with E-state index in [1.807, 2.05) is 18.2 Å². The van der Waals surface area contributed by atoms with Crippen LogP contribution in [0, 0.1) is 0 Å². The van der Waals surface area contributed by atoms with Crippen molar-refractivity contribution in [3.63, 3.8) is 0 Å². The molecule has 4 nitrogen and oxygen atoms in total. The molecule has 5 heteroatoms. The molecular formula is C13H16N2O2S. The molecule has 0 saturated heterocycles. The zero-order chi connectivity index (χ0) is 12.8. The van der Waals surface area contributed by atoms with Crippen LogP contribution in [0.2, 0.25) is 0 Å². The van der Waals surface area contributed by atoms with Gasteiger partial charge in [0.25, 0.3) is 0 Å². The van der Waals surface area contributed by atoms with E-state index in [1.165, 1.54) is 4.90 Å². The Morgan fingerprint density at radius 3 is 2.78 bits per heavy atom. The van der Waals surface area contributed by atoms with Crippen LogP contribution in [-0.2, 0) is 23.6 Å². The van der Waals surface area contributed by atoms with Gasteiger partial charge in [-0.15, -0.1) is 11.8 Å². The zero-order valence-electron chi connectivity index (χ0n) is 10.3. The molecule has 1 heterocycles. The highest BCUT2D eigenvalue weighted by atomic mass is 32.2. The number of hydrogen-bond donors (Lipinski definition) is 1. The van der Waals surface area contributed by atoms with E-state index in [4.69, 9.17) is 15.0 Å². The van der Waals surface area contributed by atoms with Gasteiger partial charge in [-0.3, -0.25) is 0 Å². The van der Waals surface area contributed by atoms with Crippen LogP contribution >= 0.6 is 11.8 Å². The number of hydrogen-bond acceptors (Lipinski definition) is 5. The van der Waals surface area contributed by atoms with Gasteiger partial charge < -0.3 is 15.0 Å². The summed E-state index contributed by atoms with van der Waals surface area (Å²) in [5.74, 6) is 1.54. The Bertz CT molecular complexity index is 482. The summed E-state index contributed by atoms with van der Waals surface area (Å²) in [7, 11) is 1.63. The van der Waals surface area contributed by atoms with Crippen molar-refractivity contribution in [1.29, 1.82) is 0 Å². The van der Waals surface area contributed by atoms with Crippen LogP contribution in [0.5, 0.6) is 0 Å². The minimum atomic E-state index is 0.461. The van der Waals surface area contributed by atoms with E-state index in [0.717, 1.165) is 22.8 Å². The standard InChI is InChI=1S/C13H16N2O2S/c1-16-8-12-6-11(15-17-12)9-18-13-4-2-10(7-14)3-5-13/h2-6H,7-9,14H2,1H3. The molecule has 2 N–H and O–H groups in total. The smallest absolute Gasteiger partial charge is 0.162 e. The highest BCUT2D eigenvalue weighted by Gasteiger charge is 2.04. The number of ether oxygens (including phenoxy) is 1. The van der Waals surface area contributed by atoms with Crippen molar-refractivity contribution in [1.82, 2.24) is 5.16 Å². The maximum atomic E-state index is 5.56. The second-order valence-corrected chi connectivity index (χ2v) is 4.90. The van der Waals surface area contributed by atoms with Crippen molar-refractivity contribution in [2.24, 2.45) is 5.73 Å². The molecule has 0 atom stereocenters. The monoisotopic (exact) mass is 264 g/mol. The van der Waals surface area contributed by atoms with E-state index in [1.54, 1.807) is 18.9 Å². The molecule has 2 rings (SSSR count). The number of rotatable bonds is 6. The van der Waals surface area contributed by atoms with Crippen LogP contribution in [-0.4, -0.2) is 12.3 Å². The maximum Gasteiger partial charge on any atom is 0.162 e. The topological polar surface area (TPSA) is 61.3 Å². The van der Waals surface area contributed by atoms with Gasteiger partial charge in [0.2, 0.25) is 0 Å². The van der Waals surface area contributed by atoms with Crippen molar-refractivity contribution >= 4 is 11.8 Å². The predicted octanol–water partition coefficient (Wildman–Crippen LogP) is 2.57. The molecule has 0 saturated carbocycles. The number of nitrogens with two attached hydrogens (primary N) is 1. The summed E-state index contributed by atoms with van der Waals surface area (Å²) in [6.07, 6.45) is 0. The summed E-state index contributed by atoms with van der Waals surface area (Å²) in [6, 6.07) is 10.2. The lowest BCUT2D eigenvalue weighted by atomic mass is 10.2.